The second kappa shape index (κ2) is 3.16. The van der Waals surface area contributed by atoms with Gasteiger partial charge in [0, 0.05) is 0 Å². The van der Waals surface area contributed by atoms with Gasteiger partial charge in [0.15, 0.2) is 5.71 Å². The summed E-state index contributed by atoms with van der Waals surface area (Å²) in [6.45, 7) is 7.35. The molecule has 0 amide bonds. The van der Waals surface area contributed by atoms with Crippen LogP contribution >= 0.6 is 0 Å². The Morgan fingerprint density at radius 2 is 1.88 bits per heavy atom. The van der Waals surface area contributed by atoms with Crippen LogP contribution in [0.4, 0.5) is 0 Å². The second-order valence-corrected chi connectivity index (χ2v) is 5.81. The molecule has 2 N–H and O–H groups in total. The zero-order valence-corrected chi connectivity index (χ0v) is 10.1. The van der Waals surface area contributed by atoms with Gasteiger partial charge in [0.05, 0.1) is 17.5 Å². The number of hydroxylamine groups is 5. The SMILES string of the molecule is CC1(C)CC2=[N+]([O-])CN(O)[C@@H]2C(C)(C)N1O. The lowest BCUT2D eigenvalue weighted by Crippen LogP contribution is -2.68. The molecule has 1 saturated heterocycles. The third kappa shape index (κ3) is 1.37. The van der Waals surface area contributed by atoms with E-state index in [0.29, 0.717) is 12.1 Å². The zero-order chi connectivity index (χ0) is 12.3. The minimum Gasteiger partial charge on any atom is -0.623 e. The molecule has 2 rings (SSSR count). The second-order valence-electron chi connectivity index (χ2n) is 5.81. The first kappa shape index (κ1) is 11.8. The van der Waals surface area contributed by atoms with Gasteiger partial charge in [-0.1, -0.05) is 0 Å². The van der Waals surface area contributed by atoms with Gasteiger partial charge in [0.25, 0.3) is 0 Å². The van der Waals surface area contributed by atoms with Crippen molar-refractivity contribution < 1.29 is 15.2 Å². The molecule has 92 valence electrons. The highest BCUT2D eigenvalue weighted by Crippen LogP contribution is 2.38. The minimum absolute atomic E-state index is 0.0483. The summed E-state index contributed by atoms with van der Waals surface area (Å²) in [6, 6.07) is -0.442. The Morgan fingerprint density at radius 1 is 1.31 bits per heavy atom. The van der Waals surface area contributed by atoms with E-state index in [9.17, 15) is 15.6 Å². The summed E-state index contributed by atoms with van der Waals surface area (Å²) in [5, 5.41) is 33.9. The highest BCUT2D eigenvalue weighted by molar-refractivity contribution is 5.89. The molecule has 16 heavy (non-hydrogen) atoms. The van der Waals surface area contributed by atoms with E-state index in [2.05, 4.69) is 0 Å². The fourth-order valence-corrected chi connectivity index (χ4v) is 2.98. The zero-order valence-electron chi connectivity index (χ0n) is 10.1. The van der Waals surface area contributed by atoms with E-state index >= 15 is 0 Å². The first-order valence-electron chi connectivity index (χ1n) is 5.43. The van der Waals surface area contributed by atoms with Crippen molar-refractivity contribution in [1.29, 1.82) is 0 Å². The molecule has 0 aromatic carbocycles. The van der Waals surface area contributed by atoms with E-state index < -0.39 is 17.1 Å². The molecule has 1 fully saturated rings. The van der Waals surface area contributed by atoms with Gasteiger partial charge in [-0.15, -0.1) is 5.06 Å². The van der Waals surface area contributed by atoms with Crippen LogP contribution in [0.15, 0.2) is 0 Å². The third-order valence-electron chi connectivity index (χ3n) is 3.61. The van der Waals surface area contributed by atoms with Crippen LogP contribution in [0.1, 0.15) is 34.1 Å². The Labute approximate surface area is 94.9 Å². The number of hydrogen-bond donors (Lipinski definition) is 2. The van der Waals surface area contributed by atoms with Crippen molar-refractivity contribution in [3.05, 3.63) is 5.21 Å². The maximum Gasteiger partial charge on any atom is 0.231 e. The average molecular weight is 229 g/mol. The lowest BCUT2D eigenvalue weighted by atomic mass is 9.77. The Kier molecular flexibility index (Phi) is 2.33. The fraction of sp³-hybridized carbons (Fsp3) is 0.900. The average Bonchev–Trinajstić information content (AvgIpc) is 2.38. The van der Waals surface area contributed by atoms with Crippen molar-refractivity contribution >= 4 is 5.71 Å². The van der Waals surface area contributed by atoms with Crippen LogP contribution in [0, 0.1) is 5.21 Å². The molecule has 0 saturated carbocycles. The monoisotopic (exact) mass is 229 g/mol. The molecule has 0 radical (unpaired) electrons. The summed E-state index contributed by atoms with van der Waals surface area (Å²) in [6.07, 6.45) is 0.457. The first-order chi connectivity index (χ1) is 7.18. The Hall–Kier alpha value is -0.690. The smallest absolute Gasteiger partial charge is 0.231 e. The van der Waals surface area contributed by atoms with E-state index in [1.54, 1.807) is 0 Å². The van der Waals surface area contributed by atoms with Crippen molar-refractivity contribution in [3.8, 4) is 0 Å². The molecule has 0 aromatic heterocycles. The quantitative estimate of drug-likeness (QED) is 0.470. The summed E-state index contributed by atoms with van der Waals surface area (Å²) in [7, 11) is 0. The number of nitrogens with zero attached hydrogens (tertiary/aromatic N) is 3. The topological polar surface area (TPSA) is 73.0 Å². The lowest BCUT2D eigenvalue weighted by Gasteiger charge is -2.50. The Balaban J connectivity index is 2.47. The predicted octanol–water partition coefficient (Wildman–Crippen LogP) is 0.621. The van der Waals surface area contributed by atoms with Gasteiger partial charge >= 0.3 is 0 Å². The van der Waals surface area contributed by atoms with Crippen LogP contribution in [-0.4, -0.2) is 54.8 Å². The molecule has 0 aromatic rings. The van der Waals surface area contributed by atoms with Gasteiger partial charge in [-0.2, -0.15) is 9.80 Å². The highest BCUT2D eigenvalue weighted by atomic mass is 16.5. The summed E-state index contributed by atoms with van der Waals surface area (Å²) < 4.78 is 0.821. The number of rotatable bonds is 0. The number of piperidine rings is 1. The first-order valence-corrected chi connectivity index (χ1v) is 5.43. The molecular formula is C10H19N3O3. The molecule has 2 aliphatic rings. The van der Waals surface area contributed by atoms with Crippen LogP contribution in [0.2, 0.25) is 0 Å². The molecule has 0 unspecified atom stereocenters. The molecule has 0 bridgehead atoms. The summed E-state index contributed by atoms with van der Waals surface area (Å²) in [5.74, 6) is 0. The summed E-state index contributed by atoms with van der Waals surface area (Å²) >= 11 is 0. The molecule has 0 spiro atoms. The Bertz CT molecular complexity index is 351. The maximum atomic E-state index is 11.7. The van der Waals surface area contributed by atoms with E-state index in [4.69, 9.17) is 0 Å². The van der Waals surface area contributed by atoms with Crippen LogP contribution < -0.4 is 0 Å². The van der Waals surface area contributed by atoms with Crippen molar-refractivity contribution in [1.82, 2.24) is 10.1 Å². The third-order valence-corrected chi connectivity index (χ3v) is 3.61. The van der Waals surface area contributed by atoms with Crippen molar-refractivity contribution in [3.63, 3.8) is 0 Å². The number of hydrogen-bond acceptors (Lipinski definition) is 5. The fourth-order valence-electron chi connectivity index (χ4n) is 2.98. The van der Waals surface area contributed by atoms with E-state index in [1.165, 1.54) is 5.06 Å². The summed E-state index contributed by atoms with van der Waals surface area (Å²) in [4.78, 5) is 0. The summed E-state index contributed by atoms with van der Waals surface area (Å²) in [5.41, 5.74) is -0.545. The van der Waals surface area contributed by atoms with Gasteiger partial charge < -0.3 is 15.6 Å². The highest BCUT2D eigenvalue weighted by Gasteiger charge is 2.58. The van der Waals surface area contributed by atoms with Gasteiger partial charge in [-0.25, -0.2) is 0 Å². The Morgan fingerprint density at radius 3 is 2.44 bits per heavy atom. The van der Waals surface area contributed by atoms with E-state index in [0.717, 1.165) is 9.80 Å². The largest absolute Gasteiger partial charge is 0.623 e. The van der Waals surface area contributed by atoms with Gasteiger partial charge in [-0.3, -0.25) is 0 Å². The minimum atomic E-state index is -0.689. The van der Waals surface area contributed by atoms with Crippen LogP contribution in [0.25, 0.3) is 0 Å². The van der Waals surface area contributed by atoms with E-state index in [-0.39, 0.29) is 6.67 Å². The maximum absolute atomic E-state index is 11.7. The molecular weight excluding hydrogens is 210 g/mol. The van der Waals surface area contributed by atoms with Crippen LogP contribution in [0.5, 0.6) is 0 Å². The number of fused-ring (bicyclic) bond motifs is 1. The normalized spacial score (nSPS) is 34.2. The molecule has 6 nitrogen and oxygen atoms in total. The van der Waals surface area contributed by atoms with Crippen LogP contribution in [0.3, 0.4) is 0 Å². The van der Waals surface area contributed by atoms with E-state index in [1.807, 2.05) is 27.7 Å². The molecule has 1 atom stereocenters. The van der Waals surface area contributed by atoms with Gasteiger partial charge in [0.2, 0.25) is 6.67 Å². The lowest BCUT2D eigenvalue weighted by molar-refractivity contribution is -0.487. The standard InChI is InChI=1S/C10H19N3O3/c1-9(2)5-7-8(10(3,4)13(9)16)12(15)6-11(7)14/h8,15-16H,5-6H2,1-4H3/t8-/m0/s1. The predicted molar refractivity (Wildman–Crippen MR) is 57.3 cm³/mol. The molecule has 6 heteroatoms. The van der Waals surface area contributed by atoms with Crippen molar-refractivity contribution in [2.45, 2.75) is 51.2 Å². The molecule has 2 heterocycles. The van der Waals surface area contributed by atoms with Gasteiger partial charge in [-0.05, 0) is 27.7 Å². The molecule has 0 aliphatic carbocycles. The van der Waals surface area contributed by atoms with Crippen molar-refractivity contribution in [2.24, 2.45) is 0 Å². The molecule has 2 aliphatic heterocycles. The van der Waals surface area contributed by atoms with Gasteiger partial charge in [0.1, 0.15) is 6.04 Å². The van der Waals surface area contributed by atoms with Crippen LogP contribution in [-0.2, 0) is 0 Å². The van der Waals surface area contributed by atoms with Crippen molar-refractivity contribution in [2.75, 3.05) is 6.67 Å².